The fourth-order valence-corrected chi connectivity index (χ4v) is 3.66. The fraction of sp³-hybridized carbons (Fsp3) is 0.588. The van der Waals surface area contributed by atoms with Gasteiger partial charge in [-0.2, -0.15) is 0 Å². The average molecular weight is 291 g/mol. The molecule has 2 fully saturated rings. The maximum absolute atomic E-state index is 13.3. The molecule has 1 aliphatic carbocycles. The summed E-state index contributed by atoms with van der Waals surface area (Å²) >= 11 is 0. The Morgan fingerprint density at radius 2 is 2.10 bits per heavy atom. The smallest absolute Gasteiger partial charge is 0.227 e. The van der Waals surface area contributed by atoms with Crippen LogP contribution < -0.4 is 0 Å². The van der Waals surface area contributed by atoms with Gasteiger partial charge in [0.25, 0.3) is 0 Å². The molecule has 0 bridgehead atoms. The molecule has 1 aromatic rings. The second-order valence-electron chi connectivity index (χ2n) is 6.19. The maximum atomic E-state index is 13.3. The largest absolute Gasteiger partial charge is 0.377 e. The molecule has 0 unspecified atom stereocenters. The van der Waals surface area contributed by atoms with Crippen LogP contribution >= 0.6 is 0 Å². The summed E-state index contributed by atoms with van der Waals surface area (Å²) in [6, 6.07) is 6.33. The molecule has 0 aromatic heterocycles. The molecule has 1 saturated heterocycles. The molecule has 4 heteroatoms. The number of nitrogens with zero attached hydrogens (tertiary/aromatic N) is 1. The van der Waals surface area contributed by atoms with Crippen molar-refractivity contribution < 1.29 is 13.9 Å². The number of rotatable bonds is 2. The number of morpholine rings is 1. The van der Waals surface area contributed by atoms with Gasteiger partial charge in [-0.1, -0.05) is 31.4 Å². The van der Waals surface area contributed by atoms with Crippen LogP contribution in [0.3, 0.4) is 0 Å². The molecule has 1 aliphatic heterocycles. The Labute approximate surface area is 125 Å². The van der Waals surface area contributed by atoms with Crippen molar-refractivity contribution in [2.45, 2.75) is 44.1 Å². The van der Waals surface area contributed by atoms with Crippen LogP contribution in [0, 0.1) is 5.82 Å². The summed E-state index contributed by atoms with van der Waals surface area (Å²) in [5.41, 5.74) is 0.637. The number of hydrogen-bond acceptors (Lipinski definition) is 2. The van der Waals surface area contributed by atoms with Gasteiger partial charge >= 0.3 is 0 Å². The van der Waals surface area contributed by atoms with Crippen LogP contribution in [0.1, 0.15) is 37.7 Å². The lowest BCUT2D eigenvalue weighted by atomic mass is 9.80. The first-order chi connectivity index (χ1) is 10.2. The first-order valence-corrected chi connectivity index (χ1v) is 7.82. The van der Waals surface area contributed by atoms with Gasteiger partial charge in [-0.25, -0.2) is 4.39 Å². The lowest BCUT2D eigenvalue weighted by molar-refractivity contribution is -0.152. The van der Waals surface area contributed by atoms with E-state index in [2.05, 4.69) is 0 Å². The minimum Gasteiger partial charge on any atom is -0.377 e. The van der Waals surface area contributed by atoms with Crippen molar-refractivity contribution in [2.75, 3.05) is 19.8 Å². The molecule has 3 nitrogen and oxygen atoms in total. The average Bonchev–Trinajstić information content (AvgIpc) is 2.48. The summed E-state index contributed by atoms with van der Waals surface area (Å²) < 4.78 is 18.9. The van der Waals surface area contributed by atoms with Crippen molar-refractivity contribution >= 4 is 5.91 Å². The molecule has 3 rings (SSSR count). The number of benzene rings is 1. The summed E-state index contributed by atoms with van der Waals surface area (Å²) in [5, 5.41) is 0. The van der Waals surface area contributed by atoms with Crippen LogP contribution in [0.4, 0.5) is 4.39 Å². The number of hydrogen-bond donors (Lipinski definition) is 0. The Kier molecular flexibility index (Phi) is 4.24. The molecule has 0 atom stereocenters. The third kappa shape index (κ3) is 3.10. The van der Waals surface area contributed by atoms with Crippen molar-refractivity contribution in [3.05, 3.63) is 35.6 Å². The molecule has 114 valence electrons. The monoisotopic (exact) mass is 291 g/mol. The van der Waals surface area contributed by atoms with Crippen LogP contribution in [-0.4, -0.2) is 36.1 Å². The van der Waals surface area contributed by atoms with E-state index < -0.39 is 0 Å². The predicted molar refractivity (Wildman–Crippen MR) is 78.5 cm³/mol. The quantitative estimate of drug-likeness (QED) is 0.838. The highest BCUT2D eigenvalue weighted by Gasteiger charge is 2.42. The molecule has 1 amide bonds. The number of amides is 1. The molecule has 1 spiro atoms. The van der Waals surface area contributed by atoms with Gasteiger partial charge in [-0.05, 0) is 30.5 Å². The Hall–Kier alpha value is -1.42. The Morgan fingerprint density at radius 3 is 2.86 bits per heavy atom. The first-order valence-electron chi connectivity index (χ1n) is 7.82. The molecule has 0 radical (unpaired) electrons. The lowest BCUT2D eigenvalue weighted by Gasteiger charge is -2.49. The predicted octanol–water partition coefficient (Wildman–Crippen LogP) is 2.93. The molecule has 1 heterocycles. The van der Waals surface area contributed by atoms with E-state index in [0.29, 0.717) is 19.8 Å². The molecule has 0 N–H and O–H groups in total. The van der Waals surface area contributed by atoms with E-state index in [-0.39, 0.29) is 23.7 Å². The molecule has 1 saturated carbocycles. The first kappa shape index (κ1) is 14.5. The second-order valence-corrected chi connectivity index (χ2v) is 6.19. The summed E-state index contributed by atoms with van der Waals surface area (Å²) in [6.07, 6.45) is 5.90. The van der Waals surface area contributed by atoms with Crippen molar-refractivity contribution in [3.8, 4) is 0 Å². The van der Waals surface area contributed by atoms with E-state index >= 15 is 0 Å². The number of carbonyl (C=O) groups excluding carboxylic acids is 1. The van der Waals surface area contributed by atoms with Gasteiger partial charge in [-0.15, -0.1) is 0 Å². The summed E-state index contributed by atoms with van der Waals surface area (Å²) in [7, 11) is 0. The van der Waals surface area contributed by atoms with Gasteiger partial charge in [0.15, 0.2) is 0 Å². The zero-order valence-corrected chi connectivity index (χ0v) is 12.3. The Morgan fingerprint density at radius 1 is 1.29 bits per heavy atom. The number of carbonyl (C=O) groups is 1. The molecule has 2 aliphatic rings. The topological polar surface area (TPSA) is 29.5 Å². The van der Waals surface area contributed by atoms with Crippen LogP contribution in [0.2, 0.25) is 0 Å². The van der Waals surface area contributed by atoms with Crippen LogP contribution in [0.25, 0.3) is 0 Å². The normalized spacial score (nSPS) is 21.5. The van der Waals surface area contributed by atoms with Crippen LogP contribution in [0.5, 0.6) is 0 Å². The van der Waals surface area contributed by atoms with Gasteiger partial charge in [0.05, 0.1) is 25.2 Å². The molecule has 21 heavy (non-hydrogen) atoms. The molecular weight excluding hydrogens is 269 g/mol. The highest BCUT2D eigenvalue weighted by Crippen LogP contribution is 2.36. The van der Waals surface area contributed by atoms with E-state index in [1.165, 1.54) is 18.6 Å². The van der Waals surface area contributed by atoms with Gasteiger partial charge in [-0.3, -0.25) is 4.79 Å². The molecular formula is C17H22FNO2. The standard InChI is InChI=1S/C17H22FNO2/c18-15-6-4-5-14(11-15)12-16(20)19-9-10-21-13-17(19)7-2-1-3-8-17/h4-6,11H,1-3,7-10,12-13H2. The number of ether oxygens (including phenoxy) is 1. The van der Waals surface area contributed by atoms with Crippen LogP contribution in [0.15, 0.2) is 24.3 Å². The van der Waals surface area contributed by atoms with Crippen molar-refractivity contribution in [2.24, 2.45) is 0 Å². The van der Waals surface area contributed by atoms with Gasteiger partial charge in [0, 0.05) is 6.54 Å². The summed E-state index contributed by atoms with van der Waals surface area (Å²) in [4.78, 5) is 14.7. The summed E-state index contributed by atoms with van der Waals surface area (Å²) in [5.74, 6) is -0.180. The van der Waals surface area contributed by atoms with Crippen molar-refractivity contribution in [3.63, 3.8) is 0 Å². The maximum Gasteiger partial charge on any atom is 0.227 e. The van der Waals surface area contributed by atoms with Crippen LogP contribution in [-0.2, 0) is 16.0 Å². The van der Waals surface area contributed by atoms with Gasteiger partial charge < -0.3 is 9.64 Å². The van der Waals surface area contributed by atoms with E-state index in [4.69, 9.17) is 4.74 Å². The van der Waals surface area contributed by atoms with E-state index in [1.54, 1.807) is 6.07 Å². The SMILES string of the molecule is O=C(Cc1cccc(F)c1)N1CCOCC12CCCCC2. The van der Waals surface area contributed by atoms with Gasteiger partial charge in [0.1, 0.15) is 5.82 Å². The van der Waals surface area contributed by atoms with Crippen molar-refractivity contribution in [1.29, 1.82) is 0 Å². The minimum atomic E-state index is -0.283. The highest BCUT2D eigenvalue weighted by molar-refractivity contribution is 5.79. The van der Waals surface area contributed by atoms with E-state index in [1.807, 2.05) is 11.0 Å². The Bertz CT molecular complexity index is 503. The van der Waals surface area contributed by atoms with E-state index in [0.717, 1.165) is 31.2 Å². The number of halogens is 1. The summed E-state index contributed by atoms with van der Waals surface area (Å²) in [6.45, 7) is 1.92. The second kappa shape index (κ2) is 6.14. The Balaban J connectivity index is 1.75. The van der Waals surface area contributed by atoms with Crippen molar-refractivity contribution in [1.82, 2.24) is 4.90 Å². The zero-order chi connectivity index (χ0) is 14.7. The minimum absolute atomic E-state index is 0.103. The van der Waals surface area contributed by atoms with Gasteiger partial charge in [0.2, 0.25) is 5.91 Å². The lowest BCUT2D eigenvalue weighted by Crippen LogP contribution is -2.60. The highest BCUT2D eigenvalue weighted by atomic mass is 19.1. The molecule has 1 aromatic carbocycles. The third-order valence-corrected chi connectivity index (χ3v) is 4.73. The fourth-order valence-electron chi connectivity index (χ4n) is 3.66. The van der Waals surface area contributed by atoms with E-state index in [9.17, 15) is 9.18 Å². The third-order valence-electron chi connectivity index (χ3n) is 4.73. The zero-order valence-electron chi connectivity index (χ0n) is 12.3.